The van der Waals surface area contributed by atoms with Crippen molar-refractivity contribution in [2.75, 3.05) is 13.2 Å². The van der Waals surface area contributed by atoms with E-state index in [1.54, 1.807) is 11.5 Å². The predicted octanol–water partition coefficient (Wildman–Crippen LogP) is 5.09. The van der Waals surface area contributed by atoms with Crippen LogP contribution in [-0.4, -0.2) is 35.8 Å². The molecular weight excluding hydrogens is 478 g/mol. The number of fused-ring (bicyclic) bond motifs is 1. The Bertz CT molecular complexity index is 1400. The number of nitrogens with zero attached hydrogens (tertiary/aromatic N) is 1. The summed E-state index contributed by atoms with van der Waals surface area (Å²) >= 11 is 0. The lowest BCUT2D eigenvalue weighted by Crippen LogP contribution is -2.47. The van der Waals surface area contributed by atoms with Crippen molar-refractivity contribution < 1.29 is 23.0 Å². The number of ether oxygens (including phenoxy) is 2. The molecule has 1 N–H and O–H groups in total. The summed E-state index contributed by atoms with van der Waals surface area (Å²) in [5, 5.41) is 3.33. The maximum Gasteiger partial charge on any atom is 0.343 e. The van der Waals surface area contributed by atoms with E-state index in [-0.39, 0.29) is 40.9 Å². The first kappa shape index (κ1) is 25.1. The lowest BCUT2D eigenvalue weighted by Gasteiger charge is -2.33. The van der Waals surface area contributed by atoms with Gasteiger partial charge in [-0.3, -0.25) is 4.79 Å². The fourth-order valence-corrected chi connectivity index (χ4v) is 4.98. The third-order valence-electron chi connectivity index (χ3n) is 6.99. The number of esters is 1. The number of pyridine rings is 1. The minimum absolute atomic E-state index is 0.0522. The minimum atomic E-state index is -1.21. The highest BCUT2D eigenvalue weighted by atomic mass is 19.2. The Labute approximate surface area is 213 Å². The van der Waals surface area contributed by atoms with Crippen molar-refractivity contribution in [2.45, 2.75) is 57.2 Å². The van der Waals surface area contributed by atoms with E-state index in [0.29, 0.717) is 19.4 Å². The average Bonchev–Trinajstić information content (AvgIpc) is 3.73. The van der Waals surface area contributed by atoms with Crippen LogP contribution < -0.4 is 15.5 Å². The van der Waals surface area contributed by atoms with Crippen LogP contribution in [0.2, 0.25) is 0 Å². The van der Waals surface area contributed by atoms with Crippen LogP contribution in [0, 0.1) is 11.6 Å². The van der Waals surface area contributed by atoms with Crippen LogP contribution in [0.1, 0.15) is 54.6 Å². The molecule has 37 heavy (non-hydrogen) atoms. The molecule has 8 heteroatoms. The van der Waals surface area contributed by atoms with E-state index in [1.165, 1.54) is 6.20 Å². The monoisotopic (exact) mass is 508 g/mol. The molecule has 1 saturated carbocycles. The molecule has 2 aliphatic rings. The maximum absolute atomic E-state index is 15.5. The van der Waals surface area contributed by atoms with Crippen molar-refractivity contribution in [1.29, 1.82) is 0 Å². The first-order chi connectivity index (χ1) is 17.9. The smallest absolute Gasteiger partial charge is 0.343 e. The molecule has 0 spiro atoms. The summed E-state index contributed by atoms with van der Waals surface area (Å²) in [6.45, 7) is 6.56. The van der Waals surface area contributed by atoms with Crippen LogP contribution in [-0.2, 0) is 11.2 Å². The van der Waals surface area contributed by atoms with Crippen molar-refractivity contribution in [2.24, 2.45) is 0 Å². The molecule has 1 aliphatic carbocycles. The van der Waals surface area contributed by atoms with Gasteiger partial charge in [0.1, 0.15) is 11.7 Å². The van der Waals surface area contributed by atoms with Crippen molar-refractivity contribution in [1.82, 2.24) is 9.88 Å². The van der Waals surface area contributed by atoms with E-state index < -0.39 is 29.1 Å². The first-order valence-electron chi connectivity index (χ1n) is 12.7. The van der Waals surface area contributed by atoms with Gasteiger partial charge in [-0.25, -0.2) is 9.18 Å². The van der Waals surface area contributed by atoms with E-state index in [1.807, 2.05) is 30.3 Å². The molecule has 194 valence electrons. The Kier molecular flexibility index (Phi) is 7.11. The number of aromatic nitrogens is 1. The van der Waals surface area contributed by atoms with Crippen molar-refractivity contribution in [3.63, 3.8) is 0 Å². The highest BCUT2D eigenvalue weighted by molar-refractivity contribution is 5.95. The quantitative estimate of drug-likeness (QED) is 0.339. The average molecular weight is 509 g/mol. The molecule has 1 aromatic heterocycles. The number of benzene rings is 2. The van der Waals surface area contributed by atoms with E-state index >= 15 is 4.39 Å². The fraction of sp³-hybridized carbons (Fsp3) is 0.379. The number of piperidine rings is 1. The molecule has 3 aromatic rings. The van der Waals surface area contributed by atoms with E-state index in [0.717, 1.165) is 36.5 Å². The Hall–Kier alpha value is -3.52. The van der Waals surface area contributed by atoms with Crippen LogP contribution in [0.5, 0.6) is 5.75 Å². The predicted molar refractivity (Wildman–Crippen MR) is 137 cm³/mol. The summed E-state index contributed by atoms with van der Waals surface area (Å²) in [4.78, 5) is 25.8. The number of rotatable bonds is 8. The summed E-state index contributed by atoms with van der Waals surface area (Å²) < 4.78 is 43.5. The van der Waals surface area contributed by atoms with E-state index in [9.17, 15) is 14.0 Å². The molecule has 2 atom stereocenters. The van der Waals surface area contributed by atoms with Gasteiger partial charge in [-0.05, 0) is 50.8 Å². The summed E-state index contributed by atoms with van der Waals surface area (Å²) in [7, 11) is 0. The van der Waals surface area contributed by atoms with Crippen molar-refractivity contribution in [3.8, 4) is 5.75 Å². The van der Waals surface area contributed by atoms with Crippen LogP contribution in [0.4, 0.5) is 8.78 Å². The van der Waals surface area contributed by atoms with Gasteiger partial charge in [-0.1, -0.05) is 42.5 Å². The zero-order valence-electron chi connectivity index (χ0n) is 20.8. The van der Waals surface area contributed by atoms with Gasteiger partial charge < -0.3 is 19.4 Å². The third-order valence-corrected chi connectivity index (χ3v) is 6.99. The molecule has 6 nitrogen and oxygen atoms in total. The second-order valence-corrected chi connectivity index (χ2v) is 9.74. The topological polar surface area (TPSA) is 69.6 Å². The van der Waals surface area contributed by atoms with Gasteiger partial charge in [-0.15, -0.1) is 0 Å². The Morgan fingerprint density at radius 3 is 2.68 bits per heavy atom. The summed E-state index contributed by atoms with van der Waals surface area (Å²) in [6.07, 6.45) is 4.33. The Balaban J connectivity index is 1.65. The largest absolute Gasteiger partial charge is 0.483 e. The SMILES string of the molecule is C=C1CCNC([C@@H](Cc2ccccc2)Oc2c(F)c(F)cc3c(=O)c(C(=O)OCC)cn(C4CC4)c23)C1. The van der Waals surface area contributed by atoms with Gasteiger partial charge in [-0.2, -0.15) is 4.39 Å². The number of carbonyl (C=O) groups is 1. The second-order valence-electron chi connectivity index (χ2n) is 9.74. The standard InChI is InChI=1S/C29H30F2N2O4/c1-3-36-29(35)21-16-33(19-9-10-19)26-20(27(21)34)15-22(30)25(31)28(26)37-24(14-18-7-5-4-6-8-18)23-13-17(2)11-12-32-23/h4-8,15-16,19,23-24,32H,2-3,9-14H2,1H3/t23?,24-/m1/s1. The Morgan fingerprint density at radius 2 is 2.00 bits per heavy atom. The second kappa shape index (κ2) is 10.5. The molecule has 2 aromatic carbocycles. The zero-order valence-corrected chi connectivity index (χ0v) is 20.8. The highest BCUT2D eigenvalue weighted by Crippen LogP contribution is 2.41. The minimum Gasteiger partial charge on any atom is -0.483 e. The van der Waals surface area contributed by atoms with E-state index in [2.05, 4.69) is 11.9 Å². The zero-order chi connectivity index (χ0) is 26.1. The number of hydrogen-bond donors (Lipinski definition) is 1. The summed E-state index contributed by atoms with van der Waals surface area (Å²) in [6, 6.07) is 10.3. The number of carbonyl (C=O) groups excluding carboxylic acids is 1. The molecule has 1 saturated heterocycles. The van der Waals surface area contributed by atoms with Gasteiger partial charge in [0.25, 0.3) is 0 Å². The number of halogens is 2. The first-order valence-corrected chi connectivity index (χ1v) is 12.7. The number of hydrogen-bond acceptors (Lipinski definition) is 5. The normalized spacial score (nSPS) is 18.6. The molecule has 5 rings (SSSR count). The van der Waals surface area contributed by atoms with Gasteiger partial charge in [0, 0.05) is 24.7 Å². The molecule has 0 radical (unpaired) electrons. The van der Waals surface area contributed by atoms with Crippen LogP contribution in [0.3, 0.4) is 0 Å². The van der Waals surface area contributed by atoms with Crippen LogP contribution in [0.15, 0.2) is 59.5 Å². The van der Waals surface area contributed by atoms with Crippen LogP contribution in [0.25, 0.3) is 10.9 Å². The molecule has 0 amide bonds. The van der Waals surface area contributed by atoms with Gasteiger partial charge in [0.15, 0.2) is 11.6 Å². The third kappa shape index (κ3) is 5.16. The van der Waals surface area contributed by atoms with Crippen molar-refractivity contribution >= 4 is 16.9 Å². The van der Waals surface area contributed by atoms with Gasteiger partial charge in [0.2, 0.25) is 11.2 Å². The molecule has 1 aliphatic heterocycles. The van der Waals surface area contributed by atoms with Crippen molar-refractivity contribution in [3.05, 3.63) is 87.7 Å². The fourth-order valence-electron chi connectivity index (χ4n) is 4.98. The summed E-state index contributed by atoms with van der Waals surface area (Å²) in [5.41, 5.74) is 1.29. The molecule has 1 unspecified atom stereocenters. The molecular formula is C29H30F2N2O4. The maximum atomic E-state index is 15.5. The summed E-state index contributed by atoms with van der Waals surface area (Å²) in [5.74, 6) is -3.46. The van der Waals surface area contributed by atoms with Gasteiger partial charge >= 0.3 is 5.97 Å². The van der Waals surface area contributed by atoms with Gasteiger partial charge in [0.05, 0.1) is 17.5 Å². The van der Waals surface area contributed by atoms with E-state index in [4.69, 9.17) is 9.47 Å². The lowest BCUT2D eigenvalue weighted by molar-refractivity contribution is 0.0524. The lowest BCUT2D eigenvalue weighted by atomic mass is 9.92. The number of nitrogens with one attached hydrogen (secondary N) is 1. The molecule has 0 bridgehead atoms. The Morgan fingerprint density at radius 1 is 1.24 bits per heavy atom. The molecule has 2 heterocycles. The van der Waals surface area contributed by atoms with Crippen LogP contribution >= 0.6 is 0 Å². The highest BCUT2D eigenvalue weighted by Gasteiger charge is 2.33. The molecule has 2 fully saturated rings.